The van der Waals surface area contributed by atoms with Crippen LogP contribution in [0, 0.1) is 35.5 Å². The number of hydrogen-bond acceptors (Lipinski definition) is 22. The zero-order chi connectivity index (χ0) is 72.1. The Morgan fingerprint density at radius 2 is 1.53 bits per heavy atom. The number of aliphatic hydroxyl groups excluding tert-OH is 2. The summed E-state index contributed by atoms with van der Waals surface area (Å²) >= 11 is 0. The molecule has 1 saturated carbocycles. The minimum absolute atomic E-state index is 0.00481. The Balaban J connectivity index is 0.981. The Hall–Kier alpha value is -7.03. The maximum absolute atomic E-state index is 14.8. The van der Waals surface area contributed by atoms with Crippen LogP contribution in [0.4, 0.5) is 16.6 Å². The van der Waals surface area contributed by atoms with E-state index in [4.69, 9.17) is 52.8 Å². The highest BCUT2D eigenvalue weighted by molar-refractivity contribution is 6.39. The Labute approximate surface area is 588 Å². The van der Waals surface area contributed by atoms with Gasteiger partial charge in [-0.3, -0.25) is 19.2 Å². The van der Waals surface area contributed by atoms with Gasteiger partial charge in [0.25, 0.3) is 11.7 Å². The Bertz CT molecular complexity index is 3490. The number of anilines is 2. The quantitative estimate of drug-likeness (QED) is 0.0747. The number of nitrogens with zero attached hydrogens (tertiary/aromatic N) is 6. The fourth-order valence-corrected chi connectivity index (χ4v) is 15.0. The van der Waals surface area contributed by atoms with E-state index >= 15 is 0 Å². The first kappa shape index (κ1) is 77.1. The van der Waals surface area contributed by atoms with Gasteiger partial charge in [-0.15, -0.1) is 0 Å². The highest BCUT2D eigenvalue weighted by atomic mass is 16.6. The summed E-state index contributed by atoms with van der Waals surface area (Å²) in [5.74, 6) is -7.22. The van der Waals surface area contributed by atoms with Gasteiger partial charge < -0.3 is 73.2 Å². The van der Waals surface area contributed by atoms with Crippen molar-refractivity contribution in [2.24, 2.45) is 35.5 Å². The van der Waals surface area contributed by atoms with Gasteiger partial charge in [0.05, 0.1) is 81.1 Å². The lowest BCUT2D eigenvalue weighted by molar-refractivity contribution is -0.264. The number of alkyl carbamates (subject to hydrolysis) is 1. The smallest absolute Gasteiger partial charge is 0.407 e. The fourth-order valence-electron chi connectivity index (χ4n) is 15.0. The summed E-state index contributed by atoms with van der Waals surface area (Å²) in [6.45, 7) is 19.9. The van der Waals surface area contributed by atoms with Crippen molar-refractivity contribution >= 4 is 58.1 Å². The molecule has 24 heteroatoms. The second-order valence-corrected chi connectivity index (χ2v) is 28.8. The molecule has 2 bridgehead atoms. The van der Waals surface area contributed by atoms with Gasteiger partial charge in [0.2, 0.25) is 11.7 Å². The molecule has 5 fully saturated rings. The number of cyclic esters (lactones) is 1. The molecule has 24 nitrogen and oxygen atoms in total. The zero-order valence-electron chi connectivity index (χ0n) is 60.5. The van der Waals surface area contributed by atoms with E-state index < -0.39 is 95.8 Å². The number of nitrogens with one attached hydrogen (secondary N) is 1. The van der Waals surface area contributed by atoms with Crippen molar-refractivity contribution in [1.29, 1.82) is 0 Å². The van der Waals surface area contributed by atoms with Gasteiger partial charge in [-0.2, -0.15) is 9.97 Å². The standard InChI is InChI=1S/C76H107N7O17/c1-44-18-14-13-15-19-45(2)59(78-75(91)98-43-55-38-54(23-28-63(55)93-10)58-26-25-57-70(77-58)79-74(82-31-33-97-42-52(82)9)80-71(57)81-30-32-96-41-51(81)8)39-56-24-21-50(7)76(92,100-56)69(88)72(89)83-29-17-16-20-60(83)73(90)99-64(47(4)36-53-22-27-61(84)65(37-53)94-11)40-62(85)46(3)35-49(6)67(87)68(95-12)66(86)48(5)34-44/h13-15,18-19,23,25-26,28,35,38,44,46-48,50-53,56,59-61,64-65,67-68,84,87,92H,16-17,20-22,24,27,29-34,36-37,39-43H2,1-12H3,(H,78,91)/b15-13+,18-14+,45-19+,49-35+/t44-,46-,47-,48-,50-,51+,52+,53+,56+,59?,60+,61-,64+,65-,67-,68+,76-/m1/s1. The number of aromatic nitrogens is 3. The lowest BCUT2D eigenvalue weighted by atomic mass is 9.78. The van der Waals surface area contributed by atoms with Crippen molar-refractivity contribution in [2.45, 2.75) is 213 Å². The fraction of sp³-hybridized carbons (Fsp3) is 0.645. The van der Waals surface area contributed by atoms with E-state index in [1.807, 2.05) is 69.3 Å². The highest BCUT2D eigenvalue weighted by Crippen LogP contribution is 2.39. The van der Waals surface area contributed by atoms with Gasteiger partial charge in [0, 0.05) is 69.2 Å². The number of pyridine rings is 1. The number of benzene rings is 1. The number of aliphatic hydroxyl groups is 3. The molecule has 1 aliphatic carbocycles. The summed E-state index contributed by atoms with van der Waals surface area (Å²) in [4.78, 5) is 108. The third-order valence-electron chi connectivity index (χ3n) is 21.3. The van der Waals surface area contributed by atoms with Gasteiger partial charge >= 0.3 is 12.1 Å². The third kappa shape index (κ3) is 18.8. The first-order valence-electron chi connectivity index (χ1n) is 35.9. The molecule has 6 aliphatic rings. The summed E-state index contributed by atoms with van der Waals surface area (Å²) in [5, 5.41) is 38.6. The molecular weight excluding hydrogens is 1280 g/mol. The maximum Gasteiger partial charge on any atom is 0.407 e. The number of amides is 2. The van der Waals surface area contributed by atoms with Crippen LogP contribution in [0.5, 0.6) is 5.75 Å². The van der Waals surface area contributed by atoms with Crippen LogP contribution in [0.25, 0.3) is 22.3 Å². The number of piperidine rings is 1. The summed E-state index contributed by atoms with van der Waals surface area (Å²) in [6, 6.07) is 7.48. The maximum atomic E-state index is 14.8. The van der Waals surface area contributed by atoms with E-state index in [-0.39, 0.29) is 80.4 Å². The number of morpholine rings is 2. The van der Waals surface area contributed by atoms with Crippen LogP contribution in [-0.4, -0.2) is 204 Å². The molecule has 1 aromatic carbocycles. The molecule has 3 aromatic rings. The molecule has 100 heavy (non-hydrogen) atoms. The van der Waals surface area contributed by atoms with Crippen molar-refractivity contribution in [2.75, 3.05) is 77.2 Å². The average molecular weight is 1390 g/mol. The van der Waals surface area contributed by atoms with Crippen molar-refractivity contribution in [1.82, 2.24) is 25.2 Å². The van der Waals surface area contributed by atoms with Gasteiger partial charge in [-0.25, -0.2) is 14.6 Å². The Morgan fingerprint density at radius 1 is 0.790 bits per heavy atom. The minimum atomic E-state index is -2.63. The minimum Gasteiger partial charge on any atom is -0.496 e. The molecule has 2 amide bonds. The summed E-state index contributed by atoms with van der Waals surface area (Å²) in [7, 11) is 4.45. The molecule has 5 aliphatic heterocycles. The first-order chi connectivity index (χ1) is 47.8. The van der Waals surface area contributed by atoms with Crippen molar-refractivity contribution < 1.29 is 82.0 Å². The number of fused-ring (bicyclic) bond motifs is 4. The van der Waals surface area contributed by atoms with Crippen molar-refractivity contribution in [3.63, 3.8) is 0 Å². The summed E-state index contributed by atoms with van der Waals surface area (Å²) in [5.41, 5.74) is 3.39. The van der Waals surface area contributed by atoms with E-state index in [0.29, 0.717) is 136 Å². The van der Waals surface area contributed by atoms with Crippen LogP contribution in [0.1, 0.15) is 145 Å². The topological polar surface area (TPSA) is 297 Å². The number of ketones is 3. The Kier molecular flexibility index (Phi) is 27.2. The number of allylic oxidation sites excluding steroid dienone is 6. The molecule has 9 rings (SSSR count). The molecule has 4 N–H and O–H groups in total. The monoisotopic (exact) mass is 1390 g/mol. The van der Waals surface area contributed by atoms with E-state index in [2.05, 4.69) is 29.0 Å². The number of rotatable bonds is 12. The second kappa shape index (κ2) is 35.2. The van der Waals surface area contributed by atoms with Gasteiger partial charge in [0.1, 0.15) is 48.3 Å². The summed E-state index contributed by atoms with van der Waals surface area (Å²) < 4.78 is 47.4. The predicted octanol–water partition coefficient (Wildman–Crippen LogP) is 8.92. The molecule has 17 atom stereocenters. The van der Waals surface area contributed by atoms with Crippen LogP contribution >= 0.6 is 0 Å². The Morgan fingerprint density at radius 3 is 2.24 bits per heavy atom. The molecule has 4 saturated heterocycles. The molecule has 548 valence electrons. The number of hydrogen-bond donors (Lipinski definition) is 4. The van der Waals surface area contributed by atoms with Crippen LogP contribution in [-0.2, 0) is 63.7 Å². The average Bonchev–Trinajstić information content (AvgIpc) is 0.772. The second-order valence-electron chi connectivity index (χ2n) is 28.8. The van der Waals surface area contributed by atoms with Crippen molar-refractivity contribution in [3.05, 3.63) is 83.5 Å². The SMILES string of the molecule is COc1ccc(-c2ccc3c(N4CCOC[C@@H]4C)nc(N4CCOC[C@@H]4C)nc3n2)cc1COC(=O)NC1C[C@@H]2CC[C@@H](C)[C@@](O)(O2)C(=O)C(=O)N2CCCC[C@H]2C(=O)O[C@H]([C@H](C)C[C@@H]2CC[C@@H](O)[C@H](OC)C2)CC(=O)[C@H](C)/C=C(\C)[C@@H](O)[C@@H](OC)C(=O)[C@H](C)C[C@H](C)/C=C/C=C/C=C/1C. The first-order valence-corrected chi connectivity index (χ1v) is 35.9. The number of carbonyl (C=O) groups excluding carboxylic acids is 6. The largest absolute Gasteiger partial charge is 0.496 e. The number of methoxy groups -OCH3 is 3. The van der Waals surface area contributed by atoms with E-state index in [9.17, 15) is 44.1 Å². The highest BCUT2D eigenvalue weighted by Gasteiger charge is 2.53. The third-order valence-corrected chi connectivity index (χ3v) is 21.3. The predicted molar refractivity (Wildman–Crippen MR) is 376 cm³/mol. The molecule has 7 heterocycles. The number of carbonyl (C=O) groups is 6. The van der Waals surface area contributed by atoms with Gasteiger partial charge in [-0.1, -0.05) is 76.6 Å². The number of Topliss-reactive ketones (excluding diaryl/α,β-unsaturated/α-hetero) is 3. The van der Waals surface area contributed by atoms with E-state index in [1.54, 1.807) is 53.0 Å². The normalized spacial score (nSPS) is 33.6. The van der Waals surface area contributed by atoms with Gasteiger partial charge in [0.15, 0.2) is 11.4 Å². The molecular formula is C76H107N7O17. The molecule has 1 unspecified atom stereocenters. The van der Waals surface area contributed by atoms with Crippen LogP contribution in [0.3, 0.4) is 0 Å². The molecule has 2 aromatic heterocycles. The van der Waals surface area contributed by atoms with Crippen LogP contribution in [0.15, 0.2) is 77.9 Å². The number of ether oxygens (including phenoxy) is 8. The molecule has 0 radical (unpaired) electrons. The summed E-state index contributed by atoms with van der Waals surface area (Å²) in [6.07, 6.45) is 8.75. The lowest BCUT2D eigenvalue weighted by Crippen LogP contribution is -2.61. The zero-order valence-corrected chi connectivity index (χ0v) is 60.5. The molecule has 0 spiro atoms. The van der Waals surface area contributed by atoms with E-state index in [0.717, 1.165) is 16.1 Å². The lowest BCUT2D eigenvalue weighted by Gasteiger charge is -2.43. The number of esters is 1. The van der Waals surface area contributed by atoms with E-state index in [1.165, 1.54) is 14.2 Å². The van der Waals surface area contributed by atoms with Gasteiger partial charge in [-0.05, 0) is 152 Å². The van der Waals surface area contributed by atoms with Crippen molar-refractivity contribution in [3.8, 4) is 17.0 Å². The van der Waals surface area contributed by atoms with Crippen LogP contribution in [0.2, 0.25) is 0 Å². The van der Waals surface area contributed by atoms with Crippen LogP contribution < -0.4 is 19.9 Å².